The minimum absolute atomic E-state index is 0.00189. The van der Waals surface area contributed by atoms with Crippen molar-refractivity contribution in [1.82, 2.24) is 14.5 Å². The Kier molecular flexibility index (Phi) is 5.45. The molecule has 148 valence electrons. The van der Waals surface area contributed by atoms with Gasteiger partial charge in [-0.2, -0.15) is 0 Å². The lowest BCUT2D eigenvalue weighted by atomic mass is 10.1. The summed E-state index contributed by atoms with van der Waals surface area (Å²) in [4.78, 5) is 33.6. The van der Waals surface area contributed by atoms with Gasteiger partial charge in [-0.15, -0.1) is 11.3 Å². The second kappa shape index (κ2) is 7.35. The fourth-order valence-electron chi connectivity index (χ4n) is 3.61. The number of sulfone groups is 1. The molecule has 0 saturated carbocycles. The first kappa shape index (κ1) is 20.0. The third-order valence-electron chi connectivity index (χ3n) is 5.42. The lowest BCUT2D eigenvalue weighted by Gasteiger charge is -2.33. The molecule has 7 nitrogen and oxygen atoms in total. The number of rotatable bonds is 5. The van der Waals surface area contributed by atoms with Crippen molar-refractivity contribution in [3.63, 3.8) is 0 Å². The smallest absolute Gasteiger partial charge is 0.262 e. The Balaban J connectivity index is 1.92. The number of aromatic nitrogens is 2. The van der Waals surface area contributed by atoms with Crippen LogP contribution in [0.3, 0.4) is 0 Å². The molecule has 1 saturated heterocycles. The van der Waals surface area contributed by atoms with Gasteiger partial charge in [0.1, 0.15) is 11.4 Å². The monoisotopic (exact) mass is 411 g/mol. The van der Waals surface area contributed by atoms with Crippen LogP contribution in [0.4, 0.5) is 0 Å². The highest BCUT2D eigenvalue weighted by Gasteiger charge is 2.36. The second-order valence-corrected chi connectivity index (χ2v) is 10.7. The Labute approximate surface area is 162 Å². The van der Waals surface area contributed by atoms with E-state index in [2.05, 4.69) is 4.98 Å². The molecule has 9 heteroatoms. The van der Waals surface area contributed by atoms with Crippen molar-refractivity contribution in [1.29, 1.82) is 0 Å². The minimum atomic E-state index is -3.10. The van der Waals surface area contributed by atoms with Crippen molar-refractivity contribution in [2.75, 3.05) is 11.5 Å². The van der Waals surface area contributed by atoms with Gasteiger partial charge in [-0.05, 0) is 39.2 Å². The van der Waals surface area contributed by atoms with E-state index in [0.717, 1.165) is 16.9 Å². The molecule has 1 aliphatic rings. The van der Waals surface area contributed by atoms with E-state index in [0.29, 0.717) is 16.6 Å². The SMILES string of the molecule is CC[C@H](C)N(C(=O)Cn1cnc2sc(C)c(C)c2c1=O)[C@H]1CCS(=O)(=O)C1. The van der Waals surface area contributed by atoms with Crippen LogP contribution >= 0.6 is 11.3 Å². The maximum absolute atomic E-state index is 13.0. The van der Waals surface area contributed by atoms with Crippen LogP contribution in [0.1, 0.15) is 37.1 Å². The van der Waals surface area contributed by atoms with Crippen LogP contribution in [0, 0.1) is 13.8 Å². The van der Waals surface area contributed by atoms with E-state index in [1.165, 1.54) is 22.2 Å². The van der Waals surface area contributed by atoms with Gasteiger partial charge in [0.15, 0.2) is 9.84 Å². The van der Waals surface area contributed by atoms with Gasteiger partial charge in [0.2, 0.25) is 5.91 Å². The summed E-state index contributed by atoms with van der Waals surface area (Å²) in [6, 6.07) is -0.414. The molecule has 0 aliphatic carbocycles. The molecule has 0 spiro atoms. The molecule has 0 N–H and O–H groups in total. The average molecular weight is 412 g/mol. The van der Waals surface area contributed by atoms with E-state index in [4.69, 9.17) is 0 Å². The predicted octanol–water partition coefficient (Wildman–Crippen LogP) is 1.89. The van der Waals surface area contributed by atoms with Crippen molar-refractivity contribution >= 4 is 37.3 Å². The highest BCUT2D eigenvalue weighted by atomic mass is 32.2. The Morgan fingerprint density at radius 3 is 2.74 bits per heavy atom. The fourth-order valence-corrected chi connectivity index (χ4v) is 6.31. The summed E-state index contributed by atoms with van der Waals surface area (Å²) in [6.45, 7) is 7.59. The summed E-state index contributed by atoms with van der Waals surface area (Å²) < 4.78 is 25.1. The molecule has 2 aromatic heterocycles. The van der Waals surface area contributed by atoms with E-state index in [1.54, 1.807) is 4.90 Å². The predicted molar refractivity (Wildman–Crippen MR) is 107 cm³/mol. The van der Waals surface area contributed by atoms with Crippen LogP contribution in [-0.4, -0.2) is 52.4 Å². The summed E-state index contributed by atoms with van der Waals surface area (Å²) in [5.41, 5.74) is 0.674. The number of amides is 1. The third-order valence-corrected chi connectivity index (χ3v) is 8.28. The third kappa shape index (κ3) is 3.80. The molecule has 3 heterocycles. The topological polar surface area (TPSA) is 89.3 Å². The molecule has 0 unspecified atom stereocenters. The molecular formula is C18H25N3O4S2. The molecule has 27 heavy (non-hydrogen) atoms. The number of fused-ring (bicyclic) bond motifs is 1. The van der Waals surface area contributed by atoms with Crippen molar-refractivity contribution in [3.8, 4) is 0 Å². The van der Waals surface area contributed by atoms with Gasteiger partial charge >= 0.3 is 0 Å². The molecule has 2 atom stereocenters. The van der Waals surface area contributed by atoms with Gasteiger partial charge in [-0.3, -0.25) is 14.2 Å². The summed E-state index contributed by atoms with van der Waals surface area (Å²) in [5.74, 6) is -0.129. The summed E-state index contributed by atoms with van der Waals surface area (Å²) in [5, 5.41) is 0.561. The molecule has 1 aliphatic heterocycles. The maximum Gasteiger partial charge on any atom is 0.262 e. The number of nitrogens with zero attached hydrogens (tertiary/aromatic N) is 3. The number of thiophene rings is 1. The van der Waals surface area contributed by atoms with Crippen molar-refractivity contribution < 1.29 is 13.2 Å². The van der Waals surface area contributed by atoms with E-state index < -0.39 is 9.84 Å². The molecule has 1 amide bonds. The standard InChI is InChI=1S/C18H25N3O4S2/c1-5-11(2)21(14-6-7-27(24,25)9-14)15(22)8-20-10-19-17-16(18(20)23)12(3)13(4)26-17/h10-11,14H,5-9H2,1-4H3/t11-,14-/m0/s1. The van der Waals surface area contributed by atoms with Gasteiger partial charge in [0.25, 0.3) is 5.56 Å². The minimum Gasteiger partial charge on any atom is -0.334 e. The first-order chi connectivity index (χ1) is 12.6. The van der Waals surface area contributed by atoms with Gasteiger partial charge in [0.05, 0.1) is 23.2 Å². The van der Waals surface area contributed by atoms with Gasteiger partial charge in [-0.1, -0.05) is 6.92 Å². The van der Waals surface area contributed by atoms with Crippen molar-refractivity contribution in [2.24, 2.45) is 0 Å². The summed E-state index contributed by atoms with van der Waals surface area (Å²) >= 11 is 1.47. The highest BCUT2D eigenvalue weighted by molar-refractivity contribution is 7.91. The zero-order valence-corrected chi connectivity index (χ0v) is 17.7. The van der Waals surface area contributed by atoms with Crippen molar-refractivity contribution in [3.05, 3.63) is 27.1 Å². The lowest BCUT2D eigenvalue weighted by molar-refractivity contribution is -0.136. The molecule has 0 bridgehead atoms. The van der Waals surface area contributed by atoms with Crippen molar-refractivity contribution in [2.45, 2.75) is 59.2 Å². The second-order valence-electron chi connectivity index (χ2n) is 7.26. The first-order valence-corrected chi connectivity index (χ1v) is 11.7. The van der Waals surface area contributed by atoms with Crippen LogP contribution in [0.2, 0.25) is 0 Å². The Morgan fingerprint density at radius 2 is 2.15 bits per heavy atom. The maximum atomic E-state index is 13.0. The fraction of sp³-hybridized carbons (Fsp3) is 0.611. The van der Waals surface area contributed by atoms with E-state index >= 15 is 0 Å². The summed E-state index contributed by atoms with van der Waals surface area (Å²) in [6.07, 6.45) is 2.59. The van der Waals surface area contributed by atoms with E-state index in [9.17, 15) is 18.0 Å². The highest BCUT2D eigenvalue weighted by Crippen LogP contribution is 2.26. The average Bonchev–Trinajstić information content (AvgIpc) is 3.10. The Hall–Kier alpha value is -1.74. The Morgan fingerprint density at radius 1 is 1.44 bits per heavy atom. The van der Waals surface area contributed by atoms with Gasteiger partial charge in [-0.25, -0.2) is 13.4 Å². The molecular weight excluding hydrogens is 386 g/mol. The Bertz CT molecular complexity index is 1040. The van der Waals surface area contributed by atoms with E-state index in [1.807, 2.05) is 27.7 Å². The zero-order valence-electron chi connectivity index (χ0n) is 16.1. The normalized spacial score (nSPS) is 20.1. The van der Waals surface area contributed by atoms with Crippen LogP contribution in [-0.2, 0) is 21.2 Å². The number of carbonyl (C=O) groups is 1. The first-order valence-electron chi connectivity index (χ1n) is 9.11. The van der Waals surface area contributed by atoms with Crippen LogP contribution in [0.25, 0.3) is 10.2 Å². The molecule has 0 aromatic carbocycles. The van der Waals surface area contributed by atoms with Crippen LogP contribution in [0.5, 0.6) is 0 Å². The molecule has 0 radical (unpaired) electrons. The van der Waals surface area contributed by atoms with Crippen LogP contribution in [0.15, 0.2) is 11.1 Å². The molecule has 1 fully saturated rings. The van der Waals surface area contributed by atoms with E-state index in [-0.39, 0.29) is 41.6 Å². The van der Waals surface area contributed by atoms with Crippen LogP contribution < -0.4 is 5.56 Å². The number of aryl methyl sites for hydroxylation is 2. The zero-order chi connectivity index (χ0) is 19.9. The van der Waals surface area contributed by atoms with Gasteiger partial charge < -0.3 is 4.90 Å². The largest absolute Gasteiger partial charge is 0.334 e. The summed E-state index contributed by atoms with van der Waals surface area (Å²) in [7, 11) is -3.10. The quantitative estimate of drug-likeness (QED) is 0.750. The number of hydrogen-bond donors (Lipinski definition) is 0. The lowest BCUT2D eigenvalue weighted by Crippen LogP contribution is -2.48. The molecule has 3 rings (SSSR count). The molecule has 2 aromatic rings. The number of hydrogen-bond acceptors (Lipinski definition) is 6. The van der Waals surface area contributed by atoms with Gasteiger partial charge in [0, 0.05) is 17.0 Å². The number of carbonyl (C=O) groups excluding carboxylic acids is 1.